The number of anilines is 2. The van der Waals surface area contributed by atoms with Crippen molar-refractivity contribution in [2.24, 2.45) is 0 Å². The molecule has 2 N–H and O–H groups in total. The summed E-state index contributed by atoms with van der Waals surface area (Å²) in [7, 11) is 0. The highest BCUT2D eigenvalue weighted by Gasteiger charge is 2.17. The number of rotatable bonds is 6. The number of hydrogen-bond acceptors (Lipinski definition) is 7. The molecule has 0 radical (unpaired) electrons. The highest BCUT2D eigenvalue weighted by Crippen LogP contribution is 2.28. The van der Waals surface area contributed by atoms with Gasteiger partial charge in [0.25, 0.3) is 0 Å². The van der Waals surface area contributed by atoms with Crippen LogP contribution in [0.25, 0.3) is 22.4 Å². The van der Waals surface area contributed by atoms with Crippen LogP contribution in [0.5, 0.6) is 5.75 Å². The molecular formula is C25H22N6O2. The van der Waals surface area contributed by atoms with Gasteiger partial charge in [0, 0.05) is 42.0 Å². The van der Waals surface area contributed by atoms with Crippen LogP contribution in [-0.2, 0) is 4.74 Å². The topological polar surface area (TPSA) is 109 Å². The van der Waals surface area contributed by atoms with Crippen LogP contribution in [0.15, 0.2) is 67.1 Å². The van der Waals surface area contributed by atoms with Gasteiger partial charge in [-0.1, -0.05) is 12.1 Å². The zero-order chi connectivity index (χ0) is 22.5. The van der Waals surface area contributed by atoms with Crippen molar-refractivity contribution in [3.8, 4) is 34.2 Å². The minimum Gasteiger partial charge on any atom is -0.489 e. The van der Waals surface area contributed by atoms with Crippen LogP contribution in [-0.4, -0.2) is 39.5 Å². The molecule has 33 heavy (non-hydrogen) atoms. The van der Waals surface area contributed by atoms with Crippen LogP contribution in [0.2, 0.25) is 0 Å². The summed E-state index contributed by atoms with van der Waals surface area (Å²) in [5.41, 5.74) is 5.00. The molecule has 0 aliphatic carbocycles. The largest absolute Gasteiger partial charge is 0.489 e. The first-order chi connectivity index (χ1) is 16.3. The van der Waals surface area contributed by atoms with Gasteiger partial charge < -0.3 is 14.8 Å². The van der Waals surface area contributed by atoms with E-state index in [0.717, 1.165) is 40.9 Å². The molecule has 0 spiro atoms. The number of ether oxygens (including phenoxy) is 2. The molecule has 0 bridgehead atoms. The number of benzene rings is 2. The monoisotopic (exact) mass is 438 g/mol. The van der Waals surface area contributed by atoms with Crippen molar-refractivity contribution in [3.63, 3.8) is 0 Å². The van der Waals surface area contributed by atoms with Gasteiger partial charge in [-0.15, -0.1) is 0 Å². The van der Waals surface area contributed by atoms with Gasteiger partial charge in [-0.05, 0) is 42.0 Å². The minimum absolute atomic E-state index is 0.0754. The predicted molar refractivity (Wildman–Crippen MR) is 124 cm³/mol. The highest BCUT2D eigenvalue weighted by molar-refractivity contribution is 5.68. The molecule has 8 nitrogen and oxygen atoms in total. The Morgan fingerprint density at radius 3 is 2.61 bits per heavy atom. The molecule has 4 aromatic rings. The lowest BCUT2D eigenvalue weighted by molar-refractivity contribution is 0.0254. The van der Waals surface area contributed by atoms with E-state index in [9.17, 15) is 5.26 Å². The first kappa shape index (κ1) is 20.7. The lowest BCUT2D eigenvalue weighted by Gasteiger charge is -2.23. The summed E-state index contributed by atoms with van der Waals surface area (Å²) in [5.74, 6) is 1.07. The Morgan fingerprint density at radius 2 is 1.85 bits per heavy atom. The standard InChI is InChI=1S/C25H22N6O2/c26-14-19-13-18(3-6-24(19)33-22-8-11-32-12-9-22)23-7-10-27-25(31-23)30-21-4-1-17(2-5-21)20-15-28-29-16-20/h1-7,10,13,15-16,22H,8-9,11-12H2,(H,28,29)(H,27,30,31). The Morgan fingerprint density at radius 1 is 1.03 bits per heavy atom. The molecule has 1 aliphatic heterocycles. The molecule has 1 saturated heterocycles. The second kappa shape index (κ2) is 9.51. The average Bonchev–Trinajstić information content (AvgIpc) is 3.41. The summed E-state index contributed by atoms with van der Waals surface area (Å²) >= 11 is 0. The van der Waals surface area contributed by atoms with E-state index in [1.807, 2.05) is 48.7 Å². The summed E-state index contributed by atoms with van der Waals surface area (Å²) < 4.78 is 11.4. The number of aromatic nitrogens is 4. The first-order valence-corrected chi connectivity index (χ1v) is 10.8. The molecular weight excluding hydrogens is 416 g/mol. The van der Waals surface area contributed by atoms with E-state index in [1.165, 1.54) is 0 Å². The molecule has 1 fully saturated rings. The number of nitrogens with zero attached hydrogens (tertiary/aromatic N) is 4. The van der Waals surface area contributed by atoms with E-state index < -0.39 is 0 Å². The van der Waals surface area contributed by atoms with Crippen LogP contribution >= 0.6 is 0 Å². The van der Waals surface area contributed by atoms with Crippen molar-refractivity contribution >= 4 is 11.6 Å². The van der Waals surface area contributed by atoms with Gasteiger partial charge in [0.15, 0.2) is 0 Å². The first-order valence-electron chi connectivity index (χ1n) is 10.8. The van der Waals surface area contributed by atoms with Gasteiger partial charge in [0.05, 0.1) is 30.7 Å². The van der Waals surface area contributed by atoms with Gasteiger partial charge in [0.2, 0.25) is 5.95 Å². The zero-order valence-corrected chi connectivity index (χ0v) is 17.9. The molecule has 0 saturated carbocycles. The van der Waals surface area contributed by atoms with Crippen LogP contribution in [0.3, 0.4) is 0 Å². The normalized spacial score (nSPS) is 13.9. The Balaban J connectivity index is 1.32. The second-order valence-electron chi connectivity index (χ2n) is 7.71. The van der Waals surface area contributed by atoms with Crippen molar-refractivity contribution < 1.29 is 9.47 Å². The fourth-order valence-corrected chi connectivity index (χ4v) is 3.72. The molecule has 0 amide bonds. The third-order valence-corrected chi connectivity index (χ3v) is 5.49. The SMILES string of the molecule is N#Cc1cc(-c2ccnc(Nc3ccc(-c4cn[nH]c4)cc3)n2)ccc1OC1CCOCC1. The third-order valence-electron chi connectivity index (χ3n) is 5.49. The van der Waals surface area contributed by atoms with Crippen molar-refractivity contribution in [3.05, 3.63) is 72.7 Å². The summed E-state index contributed by atoms with van der Waals surface area (Å²) in [6.45, 7) is 1.38. The molecule has 8 heteroatoms. The second-order valence-corrected chi connectivity index (χ2v) is 7.71. The summed E-state index contributed by atoms with van der Waals surface area (Å²) in [6.07, 6.45) is 7.07. The third kappa shape index (κ3) is 4.84. The van der Waals surface area contributed by atoms with Gasteiger partial charge in [0.1, 0.15) is 17.9 Å². The van der Waals surface area contributed by atoms with E-state index in [4.69, 9.17) is 9.47 Å². The Bertz CT molecular complexity index is 1260. The number of H-pyrrole nitrogens is 1. The van der Waals surface area contributed by atoms with Gasteiger partial charge in [-0.2, -0.15) is 10.4 Å². The number of nitrogens with one attached hydrogen (secondary N) is 2. The van der Waals surface area contributed by atoms with Crippen LogP contribution in [0, 0.1) is 11.3 Å². The Hall–Kier alpha value is -4.22. The maximum atomic E-state index is 9.65. The molecule has 0 atom stereocenters. The van der Waals surface area contributed by atoms with Gasteiger partial charge in [-0.25, -0.2) is 9.97 Å². The molecule has 5 rings (SSSR count). The summed E-state index contributed by atoms with van der Waals surface area (Å²) in [4.78, 5) is 8.96. The molecule has 3 heterocycles. The maximum Gasteiger partial charge on any atom is 0.227 e. The van der Waals surface area contributed by atoms with E-state index in [0.29, 0.717) is 30.5 Å². The average molecular weight is 438 g/mol. The number of hydrogen-bond donors (Lipinski definition) is 2. The minimum atomic E-state index is 0.0754. The van der Waals surface area contributed by atoms with Crippen LogP contribution in [0.1, 0.15) is 18.4 Å². The lowest BCUT2D eigenvalue weighted by atomic mass is 10.1. The van der Waals surface area contributed by atoms with E-state index >= 15 is 0 Å². The maximum absolute atomic E-state index is 9.65. The van der Waals surface area contributed by atoms with Gasteiger partial charge in [-0.3, -0.25) is 5.10 Å². The summed E-state index contributed by atoms with van der Waals surface area (Å²) in [5, 5.41) is 19.7. The summed E-state index contributed by atoms with van der Waals surface area (Å²) in [6, 6.07) is 17.6. The molecule has 164 valence electrons. The number of nitriles is 1. The van der Waals surface area contributed by atoms with E-state index in [2.05, 4.69) is 31.6 Å². The van der Waals surface area contributed by atoms with Gasteiger partial charge >= 0.3 is 0 Å². The Labute approximate surface area is 191 Å². The van der Waals surface area contributed by atoms with E-state index in [-0.39, 0.29) is 6.10 Å². The van der Waals surface area contributed by atoms with Crippen molar-refractivity contribution in [1.29, 1.82) is 5.26 Å². The molecule has 2 aromatic carbocycles. The molecule has 2 aromatic heterocycles. The zero-order valence-electron chi connectivity index (χ0n) is 17.9. The predicted octanol–water partition coefficient (Wildman–Crippen LogP) is 4.71. The van der Waals surface area contributed by atoms with Crippen molar-refractivity contribution in [2.75, 3.05) is 18.5 Å². The smallest absolute Gasteiger partial charge is 0.227 e. The quantitative estimate of drug-likeness (QED) is 0.449. The van der Waals surface area contributed by atoms with Crippen molar-refractivity contribution in [2.45, 2.75) is 18.9 Å². The van der Waals surface area contributed by atoms with E-state index in [1.54, 1.807) is 18.5 Å². The fraction of sp³-hybridized carbons (Fsp3) is 0.200. The fourth-order valence-electron chi connectivity index (χ4n) is 3.72. The Kier molecular flexibility index (Phi) is 5.95. The molecule has 1 aliphatic rings. The van der Waals surface area contributed by atoms with Crippen LogP contribution < -0.4 is 10.1 Å². The van der Waals surface area contributed by atoms with Crippen LogP contribution in [0.4, 0.5) is 11.6 Å². The number of aromatic amines is 1. The molecule has 0 unspecified atom stereocenters. The lowest BCUT2D eigenvalue weighted by Crippen LogP contribution is -2.26. The van der Waals surface area contributed by atoms with Crippen molar-refractivity contribution in [1.82, 2.24) is 20.2 Å². The highest BCUT2D eigenvalue weighted by atomic mass is 16.5.